The molecule has 1 unspecified atom stereocenters. The molecule has 20 heavy (non-hydrogen) atoms. The van der Waals surface area contributed by atoms with Crippen LogP contribution in [0.15, 0.2) is 29.3 Å². The maximum absolute atomic E-state index is 7.84. The number of hydrogen-bond acceptors (Lipinski definition) is 4. The molecule has 1 fully saturated rings. The monoisotopic (exact) mass is 273 g/mol. The van der Waals surface area contributed by atoms with E-state index in [2.05, 4.69) is 22.0 Å². The van der Waals surface area contributed by atoms with Crippen LogP contribution in [0.1, 0.15) is 18.9 Å². The van der Waals surface area contributed by atoms with Crippen LogP contribution in [0.4, 0.5) is 0 Å². The van der Waals surface area contributed by atoms with Crippen molar-refractivity contribution in [1.82, 2.24) is 4.90 Å². The van der Waals surface area contributed by atoms with E-state index in [9.17, 15) is 0 Å². The summed E-state index contributed by atoms with van der Waals surface area (Å²) >= 11 is 0. The third kappa shape index (κ3) is 3.45. The number of nitrogens with zero attached hydrogens (tertiary/aromatic N) is 2. The van der Waals surface area contributed by atoms with Crippen LogP contribution in [-0.4, -0.2) is 43.6 Å². The summed E-state index contributed by atoms with van der Waals surface area (Å²) in [5.41, 5.74) is 3.15. The Bertz CT molecular complexity index is 493. The minimum absolute atomic E-state index is 0.243. The molecule has 1 aliphatic heterocycles. The van der Waals surface area contributed by atoms with Gasteiger partial charge in [-0.05, 0) is 37.6 Å². The standard InChI is InChI=1S/C16H23N3O/c1-12(17)15-8-9-19(11-16(15)18-2)10-13-4-6-14(20-3)7-5-13/h4-7,15,17H,8-11H2,1-3H3. The van der Waals surface area contributed by atoms with Crippen LogP contribution in [0.3, 0.4) is 0 Å². The third-order valence-corrected chi connectivity index (χ3v) is 3.90. The second kappa shape index (κ2) is 6.66. The fourth-order valence-corrected chi connectivity index (χ4v) is 2.71. The van der Waals surface area contributed by atoms with Gasteiger partial charge in [-0.1, -0.05) is 12.1 Å². The SMILES string of the molecule is CN=C1CN(Cc2ccc(OC)cc2)CCC1C(C)=N. The number of methoxy groups -OCH3 is 1. The van der Waals surface area contributed by atoms with Gasteiger partial charge in [-0.25, -0.2) is 0 Å². The minimum atomic E-state index is 0.243. The van der Waals surface area contributed by atoms with Gasteiger partial charge in [-0.2, -0.15) is 0 Å². The minimum Gasteiger partial charge on any atom is -0.497 e. The van der Waals surface area contributed by atoms with Crippen LogP contribution in [0.5, 0.6) is 5.75 Å². The zero-order chi connectivity index (χ0) is 14.5. The molecule has 0 spiro atoms. The van der Waals surface area contributed by atoms with E-state index < -0.39 is 0 Å². The fraction of sp³-hybridized carbons (Fsp3) is 0.500. The van der Waals surface area contributed by atoms with Gasteiger partial charge in [0.1, 0.15) is 5.75 Å². The Hall–Kier alpha value is -1.68. The number of piperidine rings is 1. The average Bonchev–Trinajstić information content (AvgIpc) is 2.47. The Morgan fingerprint density at radius 2 is 2.10 bits per heavy atom. The van der Waals surface area contributed by atoms with E-state index in [1.807, 2.05) is 26.1 Å². The van der Waals surface area contributed by atoms with Gasteiger partial charge in [-0.15, -0.1) is 0 Å². The maximum atomic E-state index is 7.84. The smallest absolute Gasteiger partial charge is 0.118 e. The molecule has 1 atom stereocenters. The predicted octanol–water partition coefficient (Wildman–Crippen LogP) is 2.63. The van der Waals surface area contributed by atoms with Crippen LogP contribution in [0.2, 0.25) is 0 Å². The molecule has 1 N–H and O–H groups in total. The molecule has 0 bridgehead atoms. The highest BCUT2D eigenvalue weighted by molar-refractivity contribution is 6.06. The molecular formula is C16H23N3O. The Labute approximate surface area is 121 Å². The molecule has 1 aromatic rings. The zero-order valence-corrected chi connectivity index (χ0v) is 12.5. The third-order valence-electron chi connectivity index (χ3n) is 3.90. The van der Waals surface area contributed by atoms with Crippen molar-refractivity contribution in [1.29, 1.82) is 5.41 Å². The van der Waals surface area contributed by atoms with Crippen molar-refractivity contribution in [2.45, 2.75) is 19.9 Å². The molecule has 0 aromatic heterocycles. The summed E-state index contributed by atoms with van der Waals surface area (Å²) in [5.74, 6) is 1.13. The molecule has 1 heterocycles. The number of hydrogen-bond donors (Lipinski definition) is 1. The quantitative estimate of drug-likeness (QED) is 0.857. The van der Waals surface area contributed by atoms with Gasteiger partial charge in [0, 0.05) is 37.5 Å². The van der Waals surface area contributed by atoms with Gasteiger partial charge in [-0.3, -0.25) is 9.89 Å². The molecule has 0 aliphatic carbocycles. The number of nitrogens with one attached hydrogen (secondary N) is 1. The maximum Gasteiger partial charge on any atom is 0.118 e. The van der Waals surface area contributed by atoms with Crippen LogP contribution < -0.4 is 4.74 Å². The molecule has 4 nitrogen and oxygen atoms in total. The number of ether oxygens (including phenoxy) is 1. The van der Waals surface area contributed by atoms with E-state index in [1.54, 1.807) is 7.11 Å². The predicted molar refractivity (Wildman–Crippen MR) is 83.1 cm³/mol. The zero-order valence-electron chi connectivity index (χ0n) is 12.5. The highest BCUT2D eigenvalue weighted by Crippen LogP contribution is 2.19. The van der Waals surface area contributed by atoms with Crippen molar-refractivity contribution in [2.24, 2.45) is 10.9 Å². The Morgan fingerprint density at radius 1 is 1.40 bits per heavy atom. The van der Waals surface area contributed by atoms with E-state index in [0.29, 0.717) is 0 Å². The van der Waals surface area contributed by atoms with Gasteiger partial charge in [0.15, 0.2) is 0 Å². The Balaban J connectivity index is 1.99. The molecule has 0 saturated carbocycles. The first-order valence-corrected chi connectivity index (χ1v) is 7.00. The van der Waals surface area contributed by atoms with Crippen molar-refractivity contribution in [2.75, 3.05) is 27.2 Å². The van der Waals surface area contributed by atoms with E-state index in [1.165, 1.54) is 5.56 Å². The van der Waals surface area contributed by atoms with Gasteiger partial charge >= 0.3 is 0 Å². The molecule has 0 amide bonds. The van der Waals surface area contributed by atoms with Gasteiger partial charge in [0.25, 0.3) is 0 Å². The summed E-state index contributed by atoms with van der Waals surface area (Å²) in [7, 11) is 3.52. The molecule has 2 rings (SSSR count). The topological polar surface area (TPSA) is 48.7 Å². The highest BCUT2D eigenvalue weighted by Gasteiger charge is 2.26. The summed E-state index contributed by atoms with van der Waals surface area (Å²) in [4.78, 5) is 6.78. The van der Waals surface area contributed by atoms with Crippen molar-refractivity contribution in [3.63, 3.8) is 0 Å². The lowest BCUT2D eigenvalue weighted by atomic mass is 9.90. The van der Waals surface area contributed by atoms with Gasteiger partial charge < -0.3 is 10.1 Å². The van der Waals surface area contributed by atoms with E-state index >= 15 is 0 Å². The normalized spacial score (nSPS) is 21.9. The number of likely N-dealkylation sites (tertiary alicyclic amines) is 1. The lowest BCUT2D eigenvalue weighted by Crippen LogP contribution is -2.42. The lowest BCUT2D eigenvalue weighted by Gasteiger charge is -2.33. The molecule has 1 saturated heterocycles. The number of benzene rings is 1. The summed E-state index contributed by atoms with van der Waals surface area (Å²) in [6, 6.07) is 8.21. The Kier molecular flexibility index (Phi) is 4.90. The second-order valence-corrected chi connectivity index (χ2v) is 5.30. The number of rotatable bonds is 4. The summed E-state index contributed by atoms with van der Waals surface area (Å²) in [5, 5.41) is 7.84. The first-order valence-electron chi connectivity index (χ1n) is 7.00. The van der Waals surface area contributed by atoms with Crippen LogP contribution in [0, 0.1) is 11.3 Å². The van der Waals surface area contributed by atoms with Crippen LogP contribution >= 0.6 is 0 Å². The first kappa shape index (κ1) is 14.7. The van der Waals surface area contributed by atoms with E-state index in [0.717, 1.165) is 43.2 Å². The molecule has 108 valence electrons. The molecular weight excluding hydrogens is 250 g/mol. The van der Waals surface area contributed by atoms with Crippen molar-refractivity contribution < 1.29 is 4.74 Å². The summed E-state index contributed by atoms with van der Waals surface area (Å²) in [6.07, 6.45) is 0.998. The second-order valence-electron chi connectivity index (χ2n) is 5.30. The molecule has 0 radical (unpaired) electrons. The first-order chi connectivity index (χ1) is 9.63. The molecule has 1 aliphatic rings. The molecule has 4 heteroatoms. The van der Waals surface area contributed by atoms with Gasteiger partial charge in [0.2, 0.25) is 0 Å². The van der Waals surface area contributed by atoms with Crippen molar-refractivity contribution >= 4 is 11.4 Å². The molecule has 1 aromatic carbocycles. The largest absolute Gasteiger partial charge is 0.497 e. The average molecular weight is 273 g/mol. The van der Waals surface area contributed by atoms with E-state index in [4.69, 9.17) is 10.1 Å². The summed E-state index contributed by atoms with van der Waals surface area (Å²) < 4.78 is 5.18. The van der Waals surface area contributed by atoms with Crippen molar-refractivity contribution in [3.05, 3.63) is 29.8 Å². The van der Waals surface area contributed by atoms with Crippen LogP contribution in [-0.2, 0) is 6.54 Å². The fourth-order valence-electron chi connectivity index (χ4n) is 2.71. The van der Waals surface area contributed by atoms with Crippen LogP contribution in [0.25, 0.3) is 0 Å². The van der Waals surface area contributed by atoms with Crippen molar-refractivity contribution in [3.8, 4) is 5.75 Å². The number of aliphatic imine (C=N–C) groups is 1. The highest BCUT2D eigenvalue weighted by atomic mass is 16.5. The lowest BCUT2D eigenvalue weighted by molar-refractivity contribution is 0.273. The van der Waals surface area contributed by atoms with E-state index in [-0.39, 0.29) is 5.92 Å². The van der Waals surface area contributed by atoms with Gasteiger partial charge in [0.05, 0.1) is 7.11 Å². The Morgan fingerprint density at radius 3 is 2.65 bits per heavy atom. The summed E-state index contributed by atoms with van der Waals surface area (Å²) in [6.45, 7) is 4.69.